The zero-order valence-electron chi connectivity index (χ0n) is 15.1. The predicted molar refractivity (Wildman–Crippen MR) is 92.4 cm³/mol. The summed E-state index contributed by atoms with van der Waals surface area (Å²) in [5, 5.41) is 6.89. The van der Waals surface area contributed by atoms with Crippen LogP contribution in [0.15, 0.2) is 18.2 Å². The number of methoxy groups -OCH3 is 2. The van der Waals surface area contributed by atoms with Gasteiger partial charge in [-0.25, -0.2) is 0 Å². The highest BCUT2D eigenvalue weighted by Gasteiger charge is 2.30. The van der Waals surface area contributed by atoms with Crippen LogP contribution in [0.2, 0.25) is 0 Å². The third-order valence-corrected chi connectivity index (χ3v) is 3.70. The highest BCUT2D eigenvalue weighted by molar-refractivity contribution is 5.97. The highest BCUT2D eigenvalue weighted by atomic mass is 16.5. The Morgan fingerprint density at radius 2 is 2.08 bits per heavy atom. The number of nitrogens with zero attached hydrogens (tertiary/aromatic N) is 2. The summed E-state index contributed by atoms with van der Waals surface area (Å²) in [5.74, 6) is 1.16. The van der Waals surface area contributed by atoms with Crippen molar-refractivity contribution >= 4 is 12.4 Å². The number of hydrogen-bond acceptors (Lipinski definition) is 6. The molecule has 1 aromatic rings. The molecular weight excluding hydrogens is 328 g/mol. The average Bonchev–Trinajstić information content (AvgIpc) is 2.61. The summed E-state index contributed by atoms with van der Waals surface area (Å²) in [4.78, 5) is 25.2. The van der Waals surface area contributed by atoms with Gasteiger partial charge in [-0.1, -0.05) is 0 Å². The van der Waals surface area contributed by atoms with Gasteiger partial charge in [0.25, 0.3) is 12.4 Å². The van der Waals surface area contributed by atoms with Gasteiger partial charge < -0.3 is 29.1 Å². The van der Waals surface area contributed by atoms with Crippen LogP contribution in [0.5, 0.6) is 11.5 Å². The van der Waals surface area contributed by atoms with Gasteiger partial charge in [-0.3, -0.25) is 9.59 Å². The Morgan fingerprint density at radius 3 is 2.64 bits per heavy atom. The Labute approximate surface area is 147 Å². The summed E-state index contributed by atoms with van der Waals surface area (Å²) in [6.45, 7) is 2.23. The zero-order chi connectivity index (χ0) is 18.8. The van der Waals surface area contributed by atoms with E-state index in [2.05, 4.69) is 4.90 Å². The average molecular weight is 354 g/mol. The maximum Gasteiger partial charge on any atom is 0.290 e. The van der Waals surface area contributed by atoms with E-state index in [1.54, 1.807) is 32.4 Å². The molecule has 8 heteroatoms. The molecule has 1 aliphatic rings. The number of carboxylic acid groups (broad SMARTS) is 1. The Hall–Kier alpha value is -2.32. The summed E-state index contributed by atoms with van der Waals surface area (Å²) >= 11 is 0. The van der Waals surface area contributed by atoms with Gasteiger partial charge >= 0.3 is 0 Å². The van der Waals surface area contributed by atoms with Crippen LogP contribution in [0.1, 0.15) is 10.4 Å². The van der Waals surface area contributed by atoms with E-state index in [1.807, 2.05) is 19.0 Å². The molecule has 1 N–H and O–H groups in total. The molecule has 1 saturated heterocycles. The maximum absolute atomic E-state index is 12.9. The summed E-state index contributed by atoms with van der Waals surface area (Å²) < 4.78 is 16.0. The SMILES string of the molecule is COc1ccc(C(=O)N2CCOCC2CN(C)C)c(OC)c1.O=CO. The van der Waals surface area contributed by atoms with Crippen molar-refractivity contribution in [2.75, 3.05) is 54.6 Å². The van der Waals surface area contributed by atoms with Crippen molar-refractivity contribution in [3.05, 3.63) is 23.8 Å². The quantitative estimate of drug-likeness (QED) is 0.783. The van der Waals surface area contributed by atoms with Crippen LogP contribution >= 0.6 is 0 Å². The normalized spacial score (nSPS) is 16.7. The minimum atomic E-state index is -0.250. The van der Waals surface area contributed by atoms with Crippen molar-refractivity contribution in [3.63, 3.8) is 0 Å². The molecule has 1 aliphatic heterocycles. The molecule has 1 unspecified atom stereocenters. The van der Waals surface area contributed by atoms with E-state index in [4.69, 9.17) is 24.1 Å². The lowest BCUT2D eigenvalue weighted by Gasteiger charge is -2.37. The van der Waals surface area contributed by atoms with Gasteiger partial charge in [-0.15, -0.1) is 0 Å². The minimum Gasteiger partial charge on any atom is -0.497 e. The molecule has 2 rings (SSSR count). The van der Waals surface area contributed by atoms with E-state index in [1.165, 1.54) is 0 Å². The second-order valence-corrected chi connectivity index (χ2v) is 5.66. The number of benzene rings is 1. The van der Waals surface area contributed by atoms with Gasteiger partial charge in [0.1, 0.15) is 11.5 Å². The number of hydrogen-bond donors (Lipinski definition) is 1. The smallest absolute Gasteiger partial charge is 0.290 e. The van der Waals surface area contributed by atoms with Crippen LogP contribution in [0.25, 0.3) is 0 Å². The molecule has 0 saturated carbocycles. The molecular formula is C17H26N2O6. The Bertz CT molecular complexity index is 564. The first kappa shape index (κ1) is 20.7. The molecule has 1 aromatic carbocycles. The van der Waals surface area contributed by atoms with Crippen LogP contribution in [0, 0.1) is 0 Å². The Morgan fingerprint density at radius 1 is 1.40 bits per heavy atom. The standard InChI is InChI=1S/C16H24N2O4.CH2O2/c1-17(2)10-12-11-22-8-7-18(12)16(19)14-6-5-13(20-3)9-15(14)21-4;2-1-3/h5-6,9,12H,7-8,10-11H2,1-4H3;1H,(H,2,3). The van der Waals surface area contributed by atoms with E-state index in [-0.39, 0.29) is 18.4 Å². The van der Waals surface area contributed by atoms with Gasteiger partial charge in [-0.2, -0.15) is 0 Å². The van der Waals surface area contributed by atoms with Gasteiger partial charge in [0.05, 0.1) is 39.0 Å². The van der Waals surface area contributed by atoms with Gasteiger partial charge in [0.15, 0.2) is 0 Å². The Balaban J connectivity index is 0.000000970. The predicted octanol–water partition coefficient (Wildman–Crippen LogP) is 0.807. The lowest BCUT2D eigenvalue weighted by Crippen LogP contribution is -2.52. The third kappa shape index (κ3) is 5.91. The number of rotatable bonds is 5. The fourth-order valence-electron chi connectivity index (χ4n) is 2.62. The molecule has 0 spiro atoms. The van der Waals surface area contributed by atoms with Gasteiger partial charge in [0.2, 0.25) is 0 Å². The summed E-state index contributed by atoms with van der Waals surface area (Å²) in [6.07, 6.45) is 0. The van der Waals surface area contributed by atoms with Crippen molar-refractivity contribution in [2.24, 2.45) is 0 Å². The molecule has 1 heterocycles. The van der Waals surface area contributed by atoms with E-state index in [0.29, 0.717) is 36.8 Å². The molecule has 1 amide bonds. The molecule has 0 bridgehead atoms. The van der Waals surface area contributed by atoms with E-state index in [0.717, 1.165) is 6.54 Å². The first-order valence-electron chi connectivity index (χ1n) is 7.81. The molecule has 8 nitrogen and oxygen atoms in total. The van der Waals surface area contributed by atoms with Crippen LogP contribution in [0.3, 0.4) is 0 Å². The molecule has 140 valence electrons. The second-order valence-electron chi connectivity index (χ2n) is 5.66. The zero-order valence-corrected chi connectivity index (χ0v) is 15.1. The van der Waals surface area contributed by atoms with Gasteiger partial charge in [-0.05, 0) is 26.2 Å². The van der Waals surface area contributed by atoms with Crippen molar-refractivity contribution in [1.29, 1.82) is 0 Å². The number of amides is 1. The summed E-state index contributed by atoms with van der Waals surface area (Å²) in [5.41, 5.74) is 0.550. The molecule has 0 radical (unpaired) electrons. The third-order valence-electron chi connectivity index (χ3n) is 3.70. The molecule has 0 aromatic heterocycles. The fourth-order valence-corrected chi connectivity index (χ4v) is 2.62. The largest absolute Gasteiger partial charge is 0.497 e. The van der Waals surface area contributed by atoms with Crippen LogP contribution in [-0.4, -0.2) is 87.9 Å². The lowest BCUT2D eigenvalue weighted by atomic mass is 10.1. The number of carbonyl (C=O) groups excluding carboxylic acids is 1. The van der Waals surface area contributed by atoms with Crippen molar-refractivity contribution in [2.45, 2.75) is 6.04 Å². The number of likely N-dealkylation sites (N-methyl/N-ethyl adjacent to an activating group) is 1. The fraction of sp³-hybridized carbons (Fsp3) is 0.529. The van der Waals surface area contributed by atoms with Crippen LogP contribution in [0.4, 0.5) is 0 Å². The minimum absolute atomic E-state index is 0.0327. The lowest BCUT2D eigenvalue weighted by molar-refractivity contribution is -0.122. The first-order valence-corrected chi connectivity index (χ1v) is 7.81. The first-order chi connectivity index (χ1) is 12.0. The second kappa shape index (κ2) is 10.5. The Kier molecular flexibility index (Phi) is 8.73. The number of carbonyl (C=O) groups is 2. The van der Waals surface area contributed by atoms with E-state index < -0.39 is 0 Å². The topological polar surface area (TPSA) is 88.5 Å². The van der Waals surface area contributed by atoms with Crippen molar-refractivity contribution in [3.8, 4) is 11.5 Å². The maximum atomic E-state index is 12.9. The van der Waals surface area contributed by atoms with Crippen molar-refractivity contribution in [1.82, 2.24) is 9.80 Å². The number of morpholine rings is 1. The summed E-state index contributed by atoms with van der Waals surface area (Å²) in [6, 6.07) is 5.30. The monoisotopic (exact) mass is 354 g/mol. The highest BCUT2D eigenvalue weighted by Crippen LogP contribution is 2.26. The molecule has 1 fully saturated rings. The van der Waals surface area contributed by atoms with E-state index >= 15 is 0 Å². The van der Waals surface area contributed by atoms with E-state index in [9.17, 15) is 4.79 Å². The number of ether oxygens (including phenoxy) is 3. The van der Waals surface area contributed by atoms with Crippen molar-refractivity contribution < 1.29 is 28.9 Å². The molecule has 1 atom stereocenters. The van der Waals surface area contributed by atoms with Gasteiger partial charge in [0, 0.05) is 19.2 Å². The van der Waals surface area contributed by atoms with Crippen LogP contribution < -0.4 is 9.47 Å². The summed E-state index contributed by atoms with van der Waals surface area (Å²) in [7, 11) is 7.13. The molecule has 0 aliphatic carbocycles. The van der Waals surface area contributed by atoms with Crippen LogP contribution in [-0.2, 0) is 9.53 Å². The molecule has 25 heavy (non-hydrogen) atoms.